The van der Waals surface area contributed by atoms with E-state index >= 15 is 0 Å². The lowest BCUT2D eigenvalue weighted by molar-refractivity contribution is 0.356. The lowest BCUT2D eigenvalue weighted by Crippen LogP contribution is -2.20. The summed E-state index contributed by atoms with van der Waals surface area (Å²) in [6.45, 7) is 0.880. The average Bonchev–Trinajstić information content (AvgIpc) is 3.32. The van der Waals surface area contributed by atoms with Gasteiger partial charge in [-0.2, -0.15) is 0 Å². The van der Waals surface area contributed by atoms with Gasteiger partial charge in [0.15, 0.2) is 11.5 Å². The van der Waals surface area contributed by atoms with Gasteiger partial charge in [-0.25, -0.2) is 4.98 Å². The van der Waals surface area contributed by atoms with Gasteiger partial charge in [-0.05, 0) is 18.4 Å². The van der Waals surface area contributed by atoms with Gasteiger partial charge in [0.25, 0.3) is 0 Å². The molecule has 0 saturated heterocycles. The second kappa shape index (κ2) is 5.74. The number of imidazole rings is 1. The van der Waals surface area contributed by atoms with Gasteiger partial charge < -0.3 is 19.8 Å². The fourth-order valence-electron chi connectivity index (χ4n) is 3.18. The summed E-state index contributed by atoms with van der Waals surface area (Å²) in [5.74, 6) is 2.16. The van der Waals surface area contributed by atoms with Crippen LogP contribution in [0.3, 0.4) is 0 Å². The van der Waals surface area contributed by atoms with E-state index in [0.29, 0.717) is 11.5 Å². The van der Waals surface area contributed by atoms with E-state index in [1.165, 1.54) is 18.4 Å². The molecule has 0 unspecified atom stereocenters. The maximum atomic E-state index is 5.34. The summed E-state index contributed by atoms with van der Waals surface area (Å²) in [5.41, 5.74) is 3.44. The standard InChI is InChI=1S/C19H21N3O2/c1-23-16-10-14-15(11-17(16)24-2)22-18(21-14)20-12-19(8-9-19)13-6-4-3-5-7-13/h3-7,10-11H,8-9,12H2,1-2H3,(H2,20,21,22). The van der Waals surface area contributed by atoms with Crippen molar-refractivity contribution in [3.05, 3.63) is 48.0 Å². The van der Waals surface area contributed by atoms with Crippen LogP contribution in [0.4, 0.5) is 5.95 Å². The summed E-state index contributed by atoms with van der Waals surface area (Å²) < 4.78 is 10.7. The zero-order valence-corrected chi connectivity index (χ0v) is 13.9. The molecule has 1 aromatic heterocycles. The predicted octanol–water partition coefficient (Wildman–Crippen LogP) is 3.72. The summed E-state index contributed by atoms with van der Waals surface area (Å²) in [4.78, 5) is 7.93. The molecule has 2 N–H and O–H groups in total. The average molecular weight is 323 g/mol. The molecule has 4 rings (SSSR count). The number of fused-ring (bicyclic) bond motifs is 1. The summed E-state index contributed by atoms with van der Waals surface area (Å²) in [6, 6.07) is 14.5. The monoisotopic (exact) mass is 323 g/mol. The van der Waals surface area contributed by atoms with E-state index in [1.54, 1.807) is 14.2 Å². The summed E-state index contributed by atoms with van der Waals surface area (Å²) >= 11 is 0. The molecule has 1 aliphatic rings. The van der Waals surface area contributed by atoms with Crippen LogP contribution in [-0.4, -0.2) is 30.7 Å². The van der Waals surface area contributed by atoms with E-state index in [9.17, 15) is 0 Å². The van der Waals surface area contributed by atoms with Crippen LogP contribution in [0.25, 0.3) is 11.0 Å². The quantitative estimate of drug-likeness (QED) is 0.726. The van der Waals surface area contributed by atoms with Crippen LogP contribution in [0.5, 0.6) is 11.5 Å². The van der Waals surface area contributed by atoms with Crippen molar-refractivity contribution in [1.29, 1.82) is 0 Å². The van der Waals surface area contributed by atoms with Gasteiger partial charge in [0, 0.05) is 24.1 Å². The molecule has 0 amide bonds. The first-order valence-corrected chi connectivity index (χ1v) is 8.15. The second-order valence-corrected chi connectivity index (χ2v) is 6.31. The minimum atomic E-state index is 0.246. The highest BCUT2D eigenvalue weighted by atomic mass is 16.5. The molecule has 0 radical (unpaired) electrons. The van der Waals surface area contributed by atoms with Gasteiger partial charge in [0.05, 0.1) is 25.3 Å². The van der Waals surface area contributed by atoms with Gasteiger partial charge in [0.1, 0.15) is 0 Å². The van der Waals surface area contributed by atoms with Crippen molar-refractivity contribution < 1.29 is 9.47 Å². The van der Waals surface area contributed by atoms with Gasteiger partial charge in [-0.3, -0.25) is 0 Å². The first kappa shape index (κ1) is 14.9. The Morgan fingerprint density at radius 2 is 1.79 bits per heavy atom. The van der Waals surface area contributed by atoms with E-state index in [-0.39, 0.29) is 5.41 Å². The number of benzene rings is 2. The Labute approximate surface area is 141 Å². The van der Waals surface area contributed by atoms with Crippen molar-refractivity contribution in [2.24, 2.45) is 0 Å². The van der Waals surface area contributed by atoms with Crippen LogP contribution in [0, 0.1) is 0 Å². The number of methoxy groups -OCH3 is 2. The SMILES string of the molecule is COc1cc2nc(NCC3(c4ccccc4)CC3)[nH]c2cc1OC. The Morgan fingerprint density at radius 3 is 2.46 bits per heavy atom. The molecule has 3 aromatic rings. The number of hydrogen-bond donors (Lipinski definition) is 2. The van der Waals surface area contributed by atoms with Gasteiger partial charge in [-0.15, -0.1) is 0 Å². The van der Waals surface area contributed by atoms with Gasteiger partial charge in [0.2, 0.25) is 5.95 Å². The summed E-state index contributed by atoms with van der Waals surface area (Å²) in [7, 11) is 3.27. The van der Waals surface area contributed by atoms with Gasteiger partial charge in [-0.1, -0.05) is 30.3 Å². The smallest absolute Gasteiger partial charge is 0.201 e. The molecule has 5 nitrogen and oxygen atoms in total. The fourth-order valence-corrected chi connectivity index (χ4v) is 3.18. The second-order valence-electron chi connectivity index (χ2n) is 6.31. The number of nitrogens with zero attached hydrogens (tertiary/aromatic N) is 1. The molecular formula is C19H21N3O2. The number of rotatable bonds is 6. The topological polar surface area (TPSA) is 59.2 Å². The Kier molecular flexibility index (Phi) is 3.56. The highest BCUT2D eigenvalue weighted by molar-refractivity contribution is 5.81. The van der Waals surface area contributed by atoms with E-state index in [4.69, 9.17) is 9.47 Å². The number of aromatic amines is 1. The lowest BCUT2D eigenvalue weighted by Gasteiger charge is -2.16. The third-order valence-electron chi connectivity index (χ3n) is 4.82. The number of nitrogens with one attached hydrogen (secondary N) is 2. The molecule has 1 fully saturated rings. The van der Waals surface area contributed by atoms with Crippen LogP contribution in [0.2, 0.25) is 0 Å². The van der Waals surface area contributed by atoms with Crippen molar-refractivity contribution in [3.63, 3.8) is 0 Å². The van der Waals surface area contributed by atoms with E-state index < -0.39 is 0 Å². The van der Waals surface area contributed by atoms with Crippen LogP contribution < -0.4 is 14.8 Å². The fraction of sp³-hybridized carbons (Fsp3) is 0.316. The zero-order chi connectivity index (χ0) is 16.6. The van der Waals surface area contributed by atoms with Crippen molar-refractivity contribution >= 4 is 17.0 Å². The largest absolute Gasteiger partial charge is 0.493 e. The predicted molar refractivity (Wildman–Crippen MR) is 95.0 cm³/mol. The van der Waals surface area contributed by atoms with Crippen LogP contribution >= 0.6 is 0 Å². The highest BCUT2D eigenvalue weighted by Crippen LogP contribution is 2.48. The van der Waals surface area contributed by atoms with Crippen molar-refractivity contribution in [1.82, 2.24) is 9.97 Å². The van der Waals surface area contributed by atoms with Crippen LogP contribution in [0.15, 0.2) is 42.5 Å². The molecule has 0 spiro atoms. The van der Waals surface area contributed by atoms with Crippen molar-refractivity contribution in [3.8, 4) is 11.5 Å². The number of anilines is 1. The molecule has 0 bridgehead atoms. The Bertz CT molecular complexity index is 813. The number of H-pyrrole nitrogens is 1. The number of hydrogen-bond acceptors (Lipinski definition) is 4. The first-order valence-electron chi connectivity index (χ1n) is 8.15. The number of aromatic nitrogens is 2. The lowest BCUT2D eigenvalue weighted by atomic mass is 9.96. The van der Waals surface area contributed by atoms with Crippen molar-refractivity contribution in [2.75, 3.05) is 26.1 Å². The number of ether oxygens (including phenoxy) is 2. The van der Waals surface area contributed by atoms with Crippen LogP contribution in [-0.2, 0) is 5.41 Å². The van der Waals surface area contributed by atoms with Crippen LogP contribution in [0.1, 0.15) is 18.4 Å². The summed E-state index contributed by atoms with van der Waals surface area (Å²) in [6.07, 6.45) is 2.43. The van der Waals surface area contributed by atoms with E-state index in [0.717, 1.165) is 23.5 Å². The molecule has 5 heteroatoms. The molecule has 2 aromatic carbocycles. The molecule has 24 heavy (non-hydrogen) atoms. The molecule has 0 atom stereocenters. The molecule has 0 aliphatic heterocycles. The van der Waals surface area contributed by atoms with E-state index in [1.807, 2.05) is 12.1 Å². The third kappa shape index (κ3) is 2.56. The Morgan fingerprint density at radius 1 is 1.08 bits per heavy atom. The summed E-state index contributed by atoms with van der Waals surface area (Å²) in [5, 5.41) is 3.46. The maximum absolute atomic E-state index is 5.34. The molecule has 124 valence electrons. The Hall–Kier alpha value is -2.69. The molecular weight excluding hydrogens is 302 g/mol. The molecule has 1 heterocycles. The van der Waals surface area contributed by atoms with Gasteiger partial charge >= 0.3 is 0 Å². The van der Waals surface area contributed by atoms with Crippen molar-refractivity contribution in [2.45, 2.75) is 18.3 Å². The zero-order valence-electron chi connectivity index (χ0n) is 13.9. The minimum absolute atomic E-state index is 0.246. The molecule has 1 aliphatic carbocycles. The molecule has 1 saturated carbocycles. The minimum Gasteiger partial charge on any atom is -0.493 e. The third-order valence-corrected chi connectivity index (χ3v) is 4.82. The normalized spacial score (nSPS) is 15.2. The highest BCUT2D eigenvalue weighted by Gasteiger charge is 2.43. The maximum Gasteiger partial charge on any atom is 0.201 e. The Balaban J connectivity index is 1.55. The van der Waals surface area contributed by atoms with E-state index in [2.05, 4.69) is 45.6 Å². The first-order chi connectivity index (χ1) is 11.7.